The maximum Gasteiger partial charge on any atom is 0.407 e. The average Bonchev–Trinajstić information content (AvgIpc) is 2.76. The number of hydrogen-bond acceptors (Lipinski definition) is 5. The number of nitrogens with zero attached hydrogens (tertiary/aromatic N) is 3. The zero-order valence-corrected chi connectivity index (χ0v) is 15.8. The minimum atomic E-state index is -0.510. The second kappa shape index (κ2) is 6.05. The van der Waals surface area contributed by atoms with E-state index >= 15 is 0 Å². The van der Waals surface area contributed by atoms with Gasteiger partial charge in [-0.1, -0.05) is 11.6 Å². The number of rotatable bonds is 3. The van der Waals surface area contributed by atoms with E-state index in [0.29, 0.717) is 23.9 Å². The molecule has 3 rings (SSSR count). The van der Waals surface area contributed by atoms with Gasteiger partial charge in [-0.3, -0.25) is 0 Å². The van der Waals surface area contributed by atoms with Crippen molar-refractivity contribution >= 4 is 23.2 Å². The molecule has 8 heteroatoms. The summed E-state index contributed by atoms with van der Waals surface area (Å²) in [7, 11) is 0. The van der Waals surface area contributed by atoms with Crippen molar-refractivity contribution in [3.8, 4) is 5.88 Å². The summed E-state index contributed by atoms with van der Waals surface area (Å²) in [6.07, 6.45) is 4.32. The summed E-state index contributed by atoms with van der Waals surface area (Å²) in [4.78, 5) is 16.2. The van der Waals surface area contributed by atoms with Gasteiger partial charge in [-0.05, 0) is 34.6 Å². The minimum absolute atomic E-state index is 0.0149. The number of ether oxygens (including phenoxy) is 2. The highest BCUT2D eigenvalue weighted by Gasteiger charge is 2.44. The van der Waals surface area contributed by atoms with Gasteiger partial charge in [-0.15, -0.1) is 0 Å². The third kappa shape index (κ3) is 3.98. The van der Waals surface area contributed by atoms with Crippen molar-refractivity contribution in [2.45, 2.75) is 64.7 Å². The lowest BCUT2D eigenvalue weighted by molar-refractivity contribution is -0.0217. The smallest absolute Gasteiger partial charge is 0.407 e. The van der Waals surface area contributed by atoms with Crippen LogP contribution in [0, 0.1) is 6.92 Å². The van der Waals surface area contributed by atoms with Gasteiger partial charge in [0.15, 0.2) is 5.15 Å². The van der Waals surface area contributed by atoms with E-state index in [2.05, 4.69) is 15.4 Å². The third-order valence-electron chi connectivity index (χ3n) is 4.04. The largest absolute Gasteiger partial charge is 0.470 e. The monoisotopic (exact) mass is 366 g/mol. The molecule has 2 heterocycles. The molecule has 1 aliphatic carbocycles. The predicted octanol–water partition coefficient (Wildman–Crippen LogP) is 3.52. The molecule has 2 aromatic rings. The topological polar surface area (TPSA) is 77.8 Å². The Hall–Kier alpha value is -2.02. The van der Waals surface area contributed by atoms with Crippen LogP contribution in [0.4, 0.5) is 4.79 Å². The van der Waals surface area contributed by atoms with Gasteiger partial charge in [0.25, 0.3) is 0 Å². The van der Waals surface area contributed by atoms with E-state index in [1.165, 1.54) is 0 Å². The third-order valence-corrected chi connectivity index (χ3v) is 4.22. The molecule has 1 amide bonds. The van der Waals surface area contributed by atoms with Crippen LogP contribution in [-0.4, -0.2) is 37.9 Å². The SMILES string of the molecule is Cc1cnn2cc(Cl)nc(O[C@]3(C)C[C@H](NC(=O)OC(C)(C)C)C3)c12. The van der Waals surface area contributed by atoms with Crippen LogP contribution in [0.15, 0.2) is 12.4 Å². The van der Waals surface area contributed by atoms with Crippen molar-refractivity contribution < 1.29 is 14.3 Å². The van der Waals surface area contributed by atoms with Gasteiger partial charge in [0.2, 0.25) is 5.88 Å². The van der Waals surface area contributed by atoms with Crippen molar-refractivity contribution in [1.29, 1.82) is 0 Å². The molecule has 1 N–H and O–H groups in total. The molecule has 0 saturated heterocycles. The van der Waals surface area contributed by atoms with Crippen LogP contribution in [0.25, 0.3) is 5.52 Å². The van der Waals surface area contributed by atoms with Gasteiger partial charge in [0, 0.05) is 24.4 Å². The van der Waals surface area contributed by atoms with E-state index in [-0.39, 0.29) is 6.04 Å². The number of alkyl carbamates (subject to hydrolysis) is 1. The van der Waals surface area contributed by atoms with E-state index < -0.39 is 17.3 Å². The summed E-state index contributed by atoms with van der Waals surface area (Å²) in [5.41, 5.74) is 0.831. The van der Waals surface area contributed by atoms with Crippen LogP contribution in [0.3, 0.4) is 0 Å². The normalized spacial score (nSPS) is 23.2. The Bertz CT molecular complexity index is 806. The van der Waals surface area contributed by atoms with Crippen molar-refractivity contribution in [2.24, 2.45) is 0 Å². The fraction of sp³-hybridized carbons (Fsp3) is 0.588. The van der Waals surface area contributed by atoms with Crippen LogP contribution >= 0.6 is 11.6 Å². The van der Waals surface area contributed by atoms with Crippen molar-refractivity contribution in [2.75, 3.05) is 0 Å². The first-order valence-corrected chi connectivity index (χ1v) is 8.61. The molecular weight excluding hydrogens is 344 g/mol. The Morgan fingerprint density at radius 3 is 2.76 bits per heavy atom. The van der Waals surface area contributed by atoms with E-state index in [4.69, 9.17) is 21.1 Å². The molecule has 1 saturated carbocycles. The molecule has 0 aromatic carbocycles. The molecule has 7 nitrogen and oxygen atoms in total. The van der Waals surface area contributed by atoms with E-state index in [0.717, 1.165) is 11.1 Å². The van der Waals surface area contributed by atoms with Gasteiger partial charge in [-0.2, -0.15) is 10.1 Å². The van der Waals surface area contributed by atoms with Crippen LogP contribution in [0.2, 0.25) is 5.15 Å². The zero-order chi connectivity index (χ0) is 18.4. The second-order valence-electron chi connectivity index (χ2n) is 7.79. The zero-order valence-electron chi connectivity index (χ0n) is 15.1. The lowest BCUT2D eigenvalue weighted by Crippen LogP contribution is -2.57. The predicted molar refractivity (Wildman–Crippen MR) is 94.2 cm³/mol. The summed E-state index contributed by atoms with van der Waals surface area (Å²) >= 11 is 6.06. The molecule has 0 spiro atoms. The number of amides is 1. The van der Waals surface area contributed by atoms with Gasteiger partial charge in [0.05, 0.1) is 12.4 Å². The molecule has 136 valence electrons. The number of aryl methyl sites for hydroxylation is 1. The van der Waals surface area contributed by atoms with Crippen molar-refractivity contribution in [3.05, 3.63) is 23.1 Å². The van der Waals surface area contributed by atoms with E-state index in [1.807, 2.05) is 34.6 Å². The maximum absolute atomic E-state index is 11.8. The molecule has 1 fully saturated rings. The number of nitrogens with one attached hydrogen (secondary N) is 1. The highest BCUT2D eigenvalue weighted by Crippen LogP contribution is 2.38. The molecule has 25 heavy (non-hydrogen) atoms. The number of carbonyl (C=O) groups excluding carboxylic acids is 1. The van der Waals surface area contributed by atoms with Gasteiger partial charge < -0.3 is 14.8 Å². The van der Waals surface area contributed by atoms with E-state index in [1.54, 1.807) is 16.9 Å². The number of hydrogen-bond donors (Lipinski definition) is 1. The highest BCUT2D eigenvalue weighted by atomic mass is 35.5. The van der Waals surface area contributed by atoms with Crippen LogP contribution in [0.1, 0.15) is 46.1 Å². The Kier molecular flexibility index (Phi) is 4.31. The quantitative estimate of drug-likeness (QED) is 0.899. The number of aromatic nitrogens is 3. The van der Waals surface area contributed by atoms with Crippen LogP contribution in [-0.2, 0) is 4.74 Å². The lowest BCUT2D eigenvalue weighted by Gasteiger charge is -2.44. The van der Waals surface area contributed by atoms with E-state index in [9.17, 15) is 4.79 Å². The van der Waals surface area contributed by atoms with Gasteiger partial charge in [-0.25, -0.2) is 9.31 Å². The fourth-order valence-electron chi connectivity index (χ4n) is 3.04. The van der Waals surface area contributed by atoms with Gasteiger partial charge >= 0.3 is 6.09 Å². The summed E-state index contributed by atoms with van der Waals surface area (Å²) < 4.78 is 13.1. The molecule has 0 radical (unpaired) electrons. The first kappa shape index (κ1) is 17.8. The molecule has 0 unspecified atom stereocenters. The first-order valence-electron chi connectivity index (χ1n) is 8.24. The molecule has 0 aliphatic heterocycles. The maximum atomic E-state index is 11.8. The fourth-order valence-corrected chi connectivity index (χ4v) is 3.21. The van der Waals surface area contributed by atoms with Crippen LogP contribution < -0.4 is 10.1 Å². The highest BCUT2D eigenvalue weighted by molar-refractivity contribution is 6.29. The summed E-state index contributed by atoms with van der Waals surface area (Å²) in [5.74, 6) is 0.459. The number of fused-ring (bicyclic) bond motifs is 1. The van der Waals surface area contributed by atoms with Crippen LogP contribution in [0.5, 0.6) is 5.88 Å². The first-order chi connectivity index (χ1) is 11.5. The number of carbonyl (C=O) groups is 1. The molecule has 0 bridgehead atoms. The Balaban J connectivity index is 1.66. The molecular formula is C17H23ClN4O3. The summed E-state index contributed by atoms with van der Waals surface area (Å²) in [6, 6.07) is 0.0149. The molecule has 2 aromatic heterocycles. The summed E-state index contributed by atoms with van der Waals surface area (Å²) in [6.45, 7) is 9.45. The van der Waals surface area contributed by atoms with Crippen molar-refractivity contribution in [3.63, 3.8) is 0 Å². The van der Waals surface area contributed by atoms with Gasteiger partial charge in [0.1, 0.15) is 16.7 Å². The number of halogens is 1. The molecule has 0 atom stereocenters. The standard InChI is InChI=1S/C17H23ClN4O3/c1-10-8-19-22-9-12(18)21-14(13(10)22)24-17(5)6-11(7-17)20-15(23)25-16(2,3)4/h8-9,11H,6-7H2,1-5H3,(H,20,23)/t11-,17+. The second-order valence-corrected chi connectivity index (χ2v) is 8.18. The average molecular weight is 367 g/mol. The Morgan fingerprint density at radius 2 is 2.12 bits per heavy atom. The lowest BCUT2D eigenvalue weighted by atomic mass is 9.77. The Labute approximate surface area is 151 Å². The minimum Gasteiger partial charge on any atom is -0.470 e. The van der Waals surface area contributed by atoms with Crippen molar-refractivity contribution in [1.82, 2.24) is 19.9 Å². The summed E-state index contributed by atoms with van der Waals surface area (Å²) in [5, 5.41) is 7.42. The molecule has 1 aliphatic rings. The Morgan fingerprint density at radius 1 is 1.44 bits per heavy atom.